The van der Waals surface area contributed by atoms with Crippen LogP contribution in [0.2, 0.25) is 0 Å². The van der Waals surface area contributed by atoms with E-state index in [1.807, 2.05) is 30.3 Å². The Morgan fingerprint density at radius 1 is 1.30 bits per heavy atom. The van der Waals surface area contributed by atoms with Gasteiger partial charge in [-0.15, -0.1) is 0 Å². The topological polar surface area (TPSA) is 120 Å². The van der Waals surface area contributed by atoms with Gasteiger partial charge in [0.1, 0.15) is 25.5 Å². The molecule has 1 saturated heterocycles. The maximum atomic E-state index is 11.9. The van der Waals surface area contributed by atoms with Crippen molar-refractivity contribution < 1.29 is 24.1 Å². The van der Waals surface area contributed by atoms with E-state index < -0.39 is 35.8 Å². The number of aromatic amines is 1. The molecule has 1 aliphatic rings. The molecular formula is C18H20N2O7. The zero-order chi connectivity index (χ0) is 19.4. The number of carbonyl (C=O) groups excluding carboxylic acids is 1. The molecule has 1 aromatic carbocycles. The van der Waals surface area contributed by atoms with Gasteiger partial charge in [0.25, 0.3) is 5.56 Å². The van der Waals surface area contributed by atoms with Gasteiger partial charge in [0, 0.05) is 18.2 Å². The van der Waals surface area contributed by atoms with Crippen molar-refractivity contribution in [3.8, 4) is 0 Å². The van der Waals surface area contributed by atoms with Crippen LogP contribution in [0.1, 0.15) is 23.8 Å². The highest BCUT2D eigenvalue weighted by Crippen LogP contribution is 2.27. The molecule has 3 atom stereocenters. The first-order valence-corrected chi connectivity index (χ1v) is 8.43. The van der Waals surface area contributed by atoms with Gasteiger partial charge in [0.2, 0.25) is 0 Å². The predicted molar refractivity (Wildman–Crippen MR) is 93.2 cm³/mol. The smallest absolute Gasteiger partial charge is 0.431 e. The second-order valence-electron chi connectivity index (χ2n) is 6.25. The fourth-order valence-corrected chi connectivity index (χ4v) is 2.74. The molecule has 0 saturated carbocycles. The monoisotopic (exact) mass is 376 g/mol. The Kier molecular flexibility index (Phi) is 5.72. The number of aliphatic hydroxyl groups is 1. The second kappa shape index (κ2) is 8.19. The lowest BCUT2D eigenvalue weighted by atomic mass is 10.2. The number of H-pyrrole nitrogens is 1. The number of nitrogens with zero attached hydrogens (tertiary/aromatic N) is 1. The molecule has 0 amide bonds. The van der Waals surface area contributed by atoms with Gasteiger partial charge in [-0.2, -0.15) is 0 Å². The molecule has 0 aliphatic carbocycles. The zero-order valence-corrected chi connectivity index (χ0v) is 14.7. The van der Waals surface area contributed by atoms with Crippen LogP contribution >= 0.6 is 0 Å². The van der Waals surface area contributed by atoms with Crippen molar-refractivity contribution in [1.29, 1.82) is 0 Å². The van der Waals surface area contributed by atoms with Crippen LogP contribution in [0.15, 0.2) is 46.1 Å². The van der Waals surface area contributed by atoms with Gasteiger partial charge in [-0.3, -0.25) is 14.3 Å². The van der Waals surface area contributed by atoms with Crippen molar-refractivity contribution in [3.05, 3.63) is 68.5 Å². The van der Waals surface area contributed by atoms with Gasteiger partial charge in [-0.05, 0) is 12.5 Å². The minimum absolute atomic E-state index is 0.0719. The van der Waals surface area contributed by atoms with Crippen molar-refractivity contribution in [2.24, 2.45) is 0 Å². The number of nitrogens with one attached hydrogen (secondary N) is 1. The number of carbonyl (C=O) groups is 1. The fourth-order valence-electron chi connectivity index (χ4n) is 2.74. The standard InChI is InChI=1S/C18H20N2O7/c1-11-8-20(17(23)19-16(11)22)15-7-13(21)14(27-15)10-26-18(24)25-9-12-5-3-2-4-6-12/h2-6,8,13-15,21H,7,9-10H2,1H3,(H,19,22,23)/t13-,14+,15+/m0/s1. The van der Waals surface area contributed by atoms with Gasteiger partial charge >= 0.3 is 11.8 Å². The number of rotatable bonds is 5. The molecule has 3 rings (SSSR count). The predicted octanol–water partition coefficient (Wildman–Crippen LogP) is 0.847. The molecule has 2 aromatic rings. The minimum atomic E-state index is -0.934. The lowest BCUT2D eigenvalue weighted by molar-refractivity contribution is -0.0595. The third-order valence-corrected chi connectivity index (χ3v) is 4.23. The molecule has 1 aromatic heterocycles. The van der Waals surface area contributed by atoms with Crippen molar-refractivity contribution >= 4 is 6.16 Å². The van der Waals surface area contributed by atoms with Gasteiger partial charge in [0.05, 0.1) is 6.10 Å². The van der Waals surface area contributed by atoms with Crippen LogP contribution in [-0.4, -0.2) is 39.6 Å². The molecular weight excluding hydrogens is 356 g/mol. The molecule has 2 N–H and O–H groups in total. The van der Waals surface area contributed by atoms with E-state index >= 15 is 0 Å². The Bertz CT molecular complexity index is 906. The van der Waals surface area contributed by atoms with Gasteiger partial charge in [0.15, 0.2) is 0 Å². The van der Waals surface area contributed by atoms with Crippen LogP contribution in [0.25, 0.3) is 0 Å². The Morgan fingerprint density at radius 3 is 2.78 bits per heavy atom. The van der Waals surface area contributed by atoms with Gasteiger partial charge in [-0.25, -0.2) is 9.59 Å². The first-order chi connectivity index (χ1) is 12.9. The zero-order valence-electron chi connectivity index (χ0n) is 14.7. The van der Waals surface area contributed by atoms with Crippen LogP contribution in [0.5, 0.6) is 0 Å². The SMILES string of the molecule is Cc1cn([C@H]2C[C@H](O)[C@@H](COC(=O)OCc3ccccc3)O2)c(=O)[nH]c1=O. The molecule has 2 heterocycles. The van der Waals surface area contributed by atoms with Crippen LogP contribution in [0.4, 0.5) is 4.79 Å². The molecule has 0 unspecified atom stereocenters. The summed E-state index contributed by atoms with van der Waals surface area (Å²) in [5.74, 6) is 0. The molecule has 0 radical (unpaired) electrons. The van der Waals surface area contributed by atoms with Crippen molar-refractivity contribution in [3.63, 3.8) is 0 Å². The third kappa shape index (κ3) is 4.63. The number of aliphatic hydroxyl groups excluding tert-OH is 1. The summed E-state index contributed by atoms with van der Waals surface area (Å²) in [5.41, 5.74) is 0.0545. The van der Waals surface area contributed by atoms with Crippen LogP contribution in [-0.2, 0) is 20.8 Å². The second-order valence-corrected chi connectivity index (χ2v) is 6.25. The highest BCUT2D eigenvalue weighted by atomic mass is 16.7. The summed E-state index contributed by atoms with van der Waals surface area (Å²) < 4.78 is 16.8. The summed E-state index contributed by atoms with van der Waals surface area (Å²) in [6.07, 6.45) is -1.89. The highest BCUT2D eigenvalue weighted by molar-refractivity contribution is 5.59. The maximum Gasteiger partial charge on any atom is 0.508 e. The van der Waals surface area contributed by atoms with Crippen LogP contribution in [0, 0.1) is 6.92 Å². The lowest BCUT2D eigenvalue weighted by Gasteiger charge is -2.16. The summed E-state index contributed by atoms with van der Waals surface area (Å²) in [5, 5.41) is 10.1. The molecule has 9 nitrogen and oxygen atoms in total. The van der Waals surface area contributed by atoms with E-state index in [4.69, 9.17) is 14.2 Å². The number of benzene rings is 1. The largest absolute Gasteiger partial charge is 0.508 e. The van der Waals surface area contributed by atoms with Crippen LogP contribution in [0.3, 0.4) is 0 Å². The van der Waals surface area contributed by atoms with E-state index in [0.717, 1.165) is 5.56 Å². The van der Waals surface area contributed by atoms with E-state index in [-0.39, 0.29) is 19.6 Å². The van der Waals surface area contributed by atoms with Crippen molar-refractivity contribution in [2.45, 2.75) is 38.4 Å². The van der Waals surface area contributed by atoms with E-state index in [0.29, 0.717) is 5.56 Å². The normalized spacial score (nSPS) is 21.8. The average Bonchev–Trinajstić information content (AvgIpc) is 3.02. The molecule has 27 heavy (non-hydrogen) atoms. The van der Waals surface area contributed by atoms with Gasteiger partial charge < -0.3 is 19.3 Å². The number of aromatic nitrogens is 2. The highest BCUT2D eigenvalue weighted by Gasteiger charge is 2.36. The number of aryl methyl sites for hydroxylation is 1. The number of ether oxygens (including phenoxy) is 3. The minimum Gasteiger partial charge on any atom is -0.431 e. The van der Waals surface area contributed by atoms with E-state index in [1.165, 1.54) is 10.8 Å². The van der Waals surface area contributed by atoms with Crippen molar-refractivity contribution in [2.75, 3.05) is 6.61 Å². The Morgan fingerprint density at radius 2 is 2.04 bits per heavy atom. The van der Waals surface area contributed by atoms with E-state index in [9.17, 15) is 19.5 Å². The van der Waals surface area contributed by atoms with Crippen molar-refractivity contribution in [1.82, 2.24) is 9.55 Å². The number of hydrogen-bond donors (Lipinski definition) is 2. The fraction of sp³-hybridized carbons (Fsp3) is 0.389. The molecule has 144 valence electrons. The molecule has 1 aliphatic heterocycles. The molecule has 0 spiro atoms. The maximum absolute atomic E-state index is 11.9. The van der Waals surface area contributed by atoms with Crippen LogP contribution < -0.4 is 11.2 Å². The summed E-state index contributed by atoms with van der Waals surface area (Å²) in [6, 6.07) is 9.13. The summed E-state index contributed by atoms with van der Waals surface area (Å²) >= 11 is 0. The third-order valence-electron chi connectivity index (χ3n) is 4.23. The summed E-state index contributed by atoms with van der Waals surface area (Å²) in [7, 11) is 0. The molecule has 9 heteroatoms. The Labute approximate surface area is 154 Å². The lowest BCUT2D eigenvalue weighted by Crippen LogP contribution is -2.33. The number of hydrogen-bond acceptors (Lipinski definition) is 7. The Balaban J connectivity index is 1.53. The summed E-state index contributed by atoms with van der Waals surface area (Å²) in [4.78, 5) is 37.2. The molecule has 0 bridgehead atoms. The first kappa shape index (κ1) is 18.9. The van der Waals surface area contributed by atoms with E-state index in [1.54, 1.807) is 6.92 Å². The average molecular weight is 376 g/mol. The quantitative estimate of drug-likeness (QED) is 0.742. The van der Waals surface area contributed by atoms with Gasteiger partial charge in [-0.1, -0.05) is 30.3 Å². The molecule has 1 fully saturated rings. The first-order valence-electron chi connectivity index (χ1n) is 8.43. The summed E-state index contributed by atoms with van der Waals surface area (Å²) in [6.45, 7) is 1.41. The Hall–Kier alpha value is -2.91. The van der Waals surface area contributed by atoms with E-state index in [2.05, 4.69) is 4.98 Å².